The van der Waals surface area contributed by atoms with Crippen LogP contribution in [-0.2, 0) is 16.6 Å². The van der Waals surface area contributed by atoms with Crippen molar-refractivity contribution in [3.8, 4) is 0 Å². The molecular weight excluding hydrogens is 232 g/mol. The summed E-state index contributed by atoms with van der Waals surface area (Å²) in [5, 5.41) is 0. The highest BCUT2D eigenvalue weighted by Gasteiger charge is 2.09. The van der Waals surface area contributed by atoms with Gasteiger partial charge < -0.3 is 5.73 Å². The van der Waals surface area contributed by atoms with Gasteiger partial charge in [-0.25, -0.2) is 0 Å². The number of nitrogen functional groups attached to an aromatic ring is 1. The number of nitrogens with two attached hydrogens (primary N) is 1. The maximum absolute atomic E-state index is 12.2. The van der Waals surface area contributed by atoms with Gasteiger partial charge in [0.25, 0.3) is 0 Å². The lowest BCUT2D eigenvalue weighted by Crippen LogP contribution is -2.02. The van der Waals surface area contributed by atoms with Crippen LogP contribution in [0.1, 0.15) is 11.1 Å². The van der Waals surface area contributed by atoms with E-state index >= 15 is 0 Å². The molecule has 0 aliphatic rings. The van der Waals surface area contributed by atoms with Gasteiger partial charge in [-0.05, 0) is 24.1 Å². The zero-order chi connectivity index (χ0) is 12.3. The Kier molecular flexibility index (Phi) is 3.54. The van der Waals surface area contributed by atoms with Crippen molar-refractivity contribution in [1.82, 2.24) is 4.98 Å². The van der Waals surface area contributed by atoms with Crippen LogP contribution in [0.4, 0.5) is 5.69 Å². The molecule has 0 amide bonds. The van der Waals surface area contributed by atoms with E-state index in [2.05, 4.69) is 4.98 Å². The molecular formula is C13H14N2OS. The van der Waals surface area contributed by atoms with Crippen LogP contribution in [0.3, 0.4) is 0 Å². The minimum absolute atomic E-state index is 0.486. The number of aryl methyl sites for hydroxylation is 1. The molecule has 2 aromatic rings. The second kappa shape index (κ2) is 5.10. The quantitative estimate of drug-likeness (QED) is 0.904. The molecule has 88 valence electrons. The number of pyridine rings is 1. The predicted octanol–water partition coefficient (Wildman–Crippen LogP) is 2.28. The summed E-state index contributed by atoms with van der Waals surface area (Å²) in [5.41, 5.74) is 8.48. The summed E-state index contributed by atoms with van der Waals surface area (Å²) < 4.78 is 12.2. The predicted molar refractivity (Wildman–Crippen MR) is 69.9 cm³/mol. The van der Waals surface area contributed by atoms with Crippen LogP contribution in [0.5, 0.6) is 0 Å². The Hall–Kier alpha value is -1.68. The molecule has 0 bridgehead atoms. The van der Waals surface area contributed by atoms with Gasteiger partial charge in [-0.2, -0.15) is 0 Å². The molecule has 0 saturated carbocycles. The van der Waals surface area contributed by atoms with Gasteiger partial charge in [-0.3, -0.25) is 9.19 Å². The Morgan fingerprint density at radius 3 is 2.76 bits per heavy atom. The summed E-state index contributed by atoms with van der Waals surface area (Å²) >= 11 is 0. The SMILES string of the molecule is Cc1ccccc1CS(=O)c1ccncc1N. The fourth-order valence-electron chi connectivity index (χ4n) is 1.59. The van der Waals surface area contributed by atoms with Gasteiger partial charge in [0.1, 0.15) is 0 Å². The fourth-order valence-corrected chi connectivity index (χ4v) is 2.88. The van der Waals surface area contributed by atoms with Crippen LogP contribution in [0.2, 0.25) is 0 Å². The van der Waals surface area contributed by atoms with Gasteiger partial charge in [-0.1, -0.05) is 24.3 Å². The summed E-state index contributed by atoms with van der Waals surface area (Å²) in [6, 6.07) is 9.65. The van der Waals surface area contributed by atoms with Crippen molar-refractivity contribution < 1.29 is 4.21 Å². The molecule has 1 aromatic heterocycles. The van der Waals surface area contributed by atoms with E-state index in [9.17, 15) is 4.21 Å². The van der Waals surface area contributed by atoms with E-state index in [-0.39, 0.29) is 0 Å². The lowest BCUT2D eigenvalue weighted by molar-refractivity contribution is 0.682. The molecule has 0 aliphatic heterocycles. The van der Waals surface area contributed by atoms with Crippen LogP contribution in [0, 0.1) is 6.92 Å². The van der Waals surface area contributed by atoms with Crippen molar-refractivity contribution >= 4 is 16.5 Å². The largest absolute Gasteiger partial charge is 0.396 e. The first-order valence-corrected chi connectivity index (χ1v) is 6.63. The van der Waals surface area contributed by atoms with Gasteiger partial charge in [0.05, 0.1) is 33.3 Å². The topological polar surface area (TPSA) is 56.0 Å². The maximum atomic E-state index is 12.2. The number of anilines is 1. The second-order valence-electron chi connectivity index (χ2n) is 3.83. The third-order valence-corrected chi connectivity index (χ3v) is 4.04. The lowest BCUT2D eigenvalue weighted by atomic mass is 10.1. The summed E-state index contributed by atoms with van der Waals surface area (Å²) in [6.07, 6.45) is 3.15. The molecule has 1 heterocycles. The van der Waals surface area contributed by atoms with Crippen LogP contribution in [-0.4, -0.2) is 9.19 Å². The van der Waals surface area contributed by atoms with Gasteiger partial charge in [0, 0.05) is 6.20 Å². The highest BCUT2D eigenvalue weighted by Crippen LogP contribution is 2.19. The fraction of sp³-hybridized carbons (Fsp3) is 0.154. The maximum Gasteiger partial charge on any atom is 0.0664 e. The van der Waals surface area contributed by atoms with Gasteiger partial charge in [-0.15, -0.1) is 0 Å². The molecule has 0 fully saturated rings. The first-order chi connectivity index (χ1) is 8.18. The van der Waals surface area contributed by atoms with Crippen molar-refractivity contribution in [2.45, 2.75) is 17.6 Å². The van der Waals surface area contributed by atoms with Gasteiger partial charge in [0.2, 0.25) is 0 Å². The third-order valence-electron chi connectivity index (χ3n) is 2.60. The van der Waals surface area contributed by atoms with Crippen molar-refractivity contribution in [3.05, 3.63) is 53.9 Å². The average Bonchev–Trinajstić information content (AvgIpc) is 2.32. The van der Waals surface area contributed by atoms with Crippen LogP contribution >= 0.6 is 0 Å². The Balaban J connectivity index is 2.24. The van der Waals surface area contributed by atoms with E-state index in [0.717, 1.165) is 11.1 Å². The standard InChI is InChI=1S/C13H14N2OS/c1-10-4-2-3-5-11(10)9-17(16)13-6-7-15-8-12(13)14/h2-8H,9,14H2,1H3. The zero-order valence-electron chi connectivity index (χ0n) is 9.59. The first kappa shape index (κ1) is 11.8. The van der Waals surface area contributed by atoms with Crippen molar-refractivity contribution in [2.75, 3.05) is 5.73 Å². The van der Waals surface area contributed by atoms with E-state index in [0.29, 0.717) is 16.3 Å². The van der Waals surface area contributed by atoms with Crippen molar-refractivity contribution in [1.29, 1.82) is 0 Å². The van der Waals surface area contributed by atoms with E-state index in [4.69, 9.17) is 5.73 Å². The molecule has 2 rings (SSSR count). The Morgan fingerprint density at radius 1 is 1.29 bits per heavy atom. The van der Waals surface area contributed by atoms with Crippen molar-refractivity contribution in [3.63, 3.8) is 0 Å². The summed E-state index contributed by atoms with van der Waals surface area (Å²) in [6.45, 7) is 2.02. The minimum Gasteiger partial charge on any atom is -0.396 e. The number of rotatable bonds is 3. The Labute approximate surface area is 103 Å². The van der Waals surface area contributed by atoms with Gasteiger partial charge in [0.15, 0.2) is 0 Å². The number of hydrogen-bond donors (Lipinski definition) is 1. The van der Waals surface area contributed by atoms with E-state index in [1.54, 1.807) is 12.3 Å². The third kappa shape index (κ3) is 2.71. The number of nitrogens with zero attached hydrogens (tertiary/aromatic N) is 1. The molecule has 1 atom stereocenters. The first-order valence-electron chi connectivity index (χ1n) is 5.31. The Morgan fingerprint density at radius 2 is 2.06 bits per heavy atom. The number of benzene rings is 1. The molecule has 0 aliphatic carbocycles. The minimum atomic E-state index is -1.12. The molecule has 0 saturated heterocycles. The highest BCUT2D eigenvalue weighted by molar-refractivity contribution is 7.84. The average molecular weight is 246 g/mol. The normalized spacial score (nSPS) is 12.3. The smallest absolute Gasteiger partial charge is 0.0664 e. The molecule has 2 N–H and O–H groups in total. The lowest BCUT2D eigenvalue weighted by Gasteiger charge is -2.07. The summed E-state index contributed by atoms with van der Waals surface area (Å²) in [5.74, 6) is 0.487. The van der Waals surface area contributed by atoms with E-state index < -0.39 is 10.8 Å². The highest BCUT2D eigenvalue weighted by atomic mass is 32.2. The monoisotopic (exact) mass is 246 g/mol. The molecule has 1 aromatic carbocycles. The van der Waals surface area contributed by atoms with Crippen molar-refractivity contribution in [2.24, 2.45) is 0 Å². The molecule has 3 nitrogen and oxygen atoms in total. The number of hydrogen-bond acceptors (Lipinski definition) is 3. The summed E-state index contributed by atoms with van der Waals surface area (Å²) in [4.78, 5) is 4.55. The van der Waals surface area contributed by atoms with E-state index in [1.165, 1.54) is 6.20 Å². The van der Waals surface area contributed by atoms with Gasteiger partial charge >= 0.3 is 0 Å². The van der Waals surface area contributed by atoms with Crippen LogP contribution in [0.25, 0.3) is 0 Å². The molecule has 1 unspecified atom stereocenters. The van der Waals surface area contributed by atoms with E-state index in [1.807, 2.05) is 31.2 Å². The summed E-state index contributed by atoms with van der Waals surface area (Å²) in [7, 11) is -1.12. The second-order valence-corrected chi connectivity index (χ2v) is 5.25. The molecule has 0 spiro atoms. The zero-order valence-corrected chi connectivity index (χ0v) is 10.4. The Bertz CT molecular complexity index is 555. The molecule has 4 heteroatoms. The molecule has 0 radical (unpaired) electrons. The van der Waals surface area contributed by atoms with Crippen LogP contribution < -0.4 is 5.73 Å². The number of aromatic nitrogens is 1. The molecule has 17 heavy (non-hydrogen) atoms. The van der Waals surface area contributed by atoms with Crippen LogP contribution in [0.15, 0.2) is 47.6 Å².